The van der Waals surface area contributed by atoms with Gasteiger partial charge in [0.05, 0.1) is 14.2 Å². The fourth-order valence-corrected chi connectivity index (χ4v) is 2.88. The van der Waals surface area contributed by atoms with Gasteiger partial charge in [0.15, 0.2) is 11.5 Å². The molecule has 0 spiro atoms. The van der Waals surface area contributed by atoms with Crippen LogP contribution in [0.1, 0.15) is 45.1 Å². The van der Waals surface area contributed by atoms with Gasteiger partial charge in [0.1, 0.15) is 5.60 Å². The van der Waals surface area contributed by atoms with Gasteiger partial charge in [0.2, 0.25) is 0 Å². The van der Waals surface area contributed by atoms with E-state index in [1.165, 1.54) is 0 Å². The molecule has 0 heterocycles. The Bertz CT molecular complexity index is 604. The number of hydrogen-bond donors (Lipinski definition) is 1. The first-order valence-electron chi connectivity index (χ1n) is 8.20. The first kappa shape index (κ1) is 18.2. The summed E-state index contributed by atoms with van der Waals surface area (Å²) < 4.78 is 16.1. The molecule has 1 aromatic rings. The zero-order chi connectivity index (χ0) is 17.7. The maximum atomic E-state index is 12.1. The van der Waals surface area contributed by atoms with Crippen LogP contribution in [-0.4, -0.2) is 32.0 Å². The Morgan fingerprint density at radius 1 is 1.08 bits per heavy atom. The van der Waals surface area contributed by atoms with Crippen molar-refractivity contribution in [3.63, 3.8) is 0 Å². The van der Waals surface area contributed by atoms with Crippen molar-refractivity contribution >= 4 is 6.09 Å². The van der Waals surface area contributed by atoms with Crippen molar-refractivity contribution in [2.24, 2.45) is 0 Å². The van der Waals surface area contributed by atoms with Gasteiger partial charge in [0.25, 0.3) is 0 Å². The second-order valence-electron chi connectivity index (χ2n) is 6.92. The Hall–Kier alpha value is -2.17. The molecule has 1 aromatic carbocycles. The molecule has 2 atom stereocenters. The van der Waals surface area contributed by atoms with Gasteiger partial charge in [0, 0.05) is 12.0 Å². The maximum absolute atomic E-state index is 12.1. The summed E-state index contributed by atoms with van der Waals surface area (Å²) >= 11 is 0. The van der Waals surface area contributed by atoms with E-state index in [2.05, 4.69) is 17.5 Å². The molecule has 5 heteroatoms. The Morgan fingerprint density at radius 3 is 2.38 bits per heavy atom. The minimum atomic E-state index is -0.507. The van der Waals surface area contributed by atoms with Crippen molar-refractivity contribution in [3.8, 4) is 11.5 Å². The second kappa shape index (κ2) is 7.60. The van der Waals surface area contributed by atoms with E-state index in [1.807, 2.05) is 39.0 Å². The minimum absolute atomic E-state index is 0.0112. The van der Waals surface area contributed by atoms with E-state index in [0.717, 1.165) is 18.4 Å². The molecule has 0 fully saturated rings. The molecule has 5 nitrogen and oxygen atoms in total. The predicted molar refractivity (Wildman–Crippen MR) is 93.8 cm³/mol. The summed E-state index contributed by atoms with van der Waals surface area (Å²) in [5, 5.41) is 3.01. The highest BCUT2D eigenvalue weighted by Gasteiger charge is 2.28. The van der Waals surface area contributed by atoms with Crippen LogP contribution in [0.25, 0.3) is 0 Å². The highest BCUT2D eigenvalue weighted by atomic mass is 16.6. The molecular weight excluding hydrogens is 306 g/mol. The zero-order valence-electron chi connectivity index (χ0n) is 15.1. The average Bonchev–Trinajstić information content (AvgIpc) is 2.53. The number of allylic oxidation sites excluding steroid dienone is 1. The number of methoxy groups -OCH3 is 2. The third-order valence-corrected chi connectivity index (χ3v) is 3.97. The topological polar surface area (TPSA) is 56.8 Å². The Labute approximate surface area is 144 Å². The van der Waals surface area contributed by atoms with E-state index in [9.17, 15) is 4.79 Å². The van der Waals surface area contributed by atoms with E-state index in [4.69, 9.17) is 14.2 Å². The Morgan fingerprint density at radius 2 is 1.75 bits per heavy atom. The summed E-state index contributed by atoms with van der Waals surface area (Å²) in [4.78, 5) is 12.1. The molecule has 1 amide bonds. The van der Waals surface area contributed by atoms with Gasteiger partial charge in [-0.25, -0.2) is 4.79 Å². The average molecular weight is 333 g/mol. The van der Waals surface area contributed by atoms with Gasteiger partial charge in [-0.3, -0.25) is 0 Å². The summed E-state index contributed by atoms with van der Waals surface area (Å²) in [5.41, 5.74) is 0.603. The fraction of sp³-hybridized carbons (Fsp3) is 0.526. The lowest BCUT2D eigenvalue weighted by molar-refractivity contribution is 0.0495. The van der Waals surface area contributed by atoms with Crippen molar-refractivity contribution in [2.45, 2.75) is 51.2 Å². The highest BCUT2D eigenvalue weighted by Crippen LogP contribution is 2.35. The number of carbonyl (C=O) groups is 1. The van der Waals surface area contributed by atoms with E-state index in [-0.39, 0.29) is 18.1 Å². The number of hydrogen-bond acceptors (Lipinski definition) is 4. The van der Waals surface area contributed by atoms with Gasteiger partial charge >= 0.3 is 6.09 Å². The van der Waals surface area contributed by atoms with Crippen molar-refractivity contribution in [1.29, 1.82) is 0 Å². The molecule has 0 bridgehead atoms. The number of carbonyl (C=O) groups excluding carboxylic acids is 1. The molecule has 1 N–H and O–H groups in total. The van der Waals surface area contributed by atoms with E-state index in [1.54, 1.807) is 14.2 Å². The molecule has 24 heavy (non-hydrogen) atoms. The second-order valence-corrected chi connectivity index (χ2v) is 6.92. The van der Waals surface area contributed by atoms with E-state index < -0.39 is 5.60 Å². The molecule has 0 radical (unpaired) electrons. The van der Waals surface area contributed by atoms with Gasteiger partial charge < -0.3 is 19.5 Å². The van der Waals surface area contributed by atoms with Crippen molar-refractivity contribution in [3.05, 3.63) is 35.9 Å². The molecular formula is C19H27NO4. The monoisotopic (exact) mass is 333 g/mol. The molecule has 1 aliphatic rings. The van der Waals surface area contributed by atoms with Crippen LogP contribution in [0.15, 0.2) is 30.4 Å². The number of nitrogens with one attached hydrogen (secondary N) is 1. The first-order valence-corrected chi connectivity index (χ1v) is 8.20. The lowest BCUT2D eigenvalue weighted by atomic mass is 9.83. The zero-order valence-corrected chi connectivity index (χ0v) is 15.1. The van der Waals surface area contributed by atoms with Gasteiger partial charge in [-0.05, 0) is 51.3 Å². The highest BCUT2D eigenvalue weighted by molar-refractivity contribution is 5.68. The number of benzene rings is 1. The van der Waals surface area contributed by atoms with Crippen LogP contribution in [0.5, 0.6) is 11.5 Å². The largest absolute Gasteiger partial charge is 0.493 e. The number of ether oxygens (including phenoxy) is 3. The fourth-order valence-electron chi connectivity index (χ4n) is 2.88. The Kier molecular flexibility index (Phi) is 5.75. The van der Waals surface area contributed by atoms with E-state index in [0.29, 0.717) is 11.5 Å². The number of alkyl carbamates (subject to hydrolysis) is 1. The number of rotatable bonds is 4. The summed E-state index contributed by atoms with van der Waals surface area (Å²) in [6, 6.07) is 5.89. The minimum Gasteiger partial charge on any atom is -0.493 e. The summed E-state index contributed by atoms with van der Waals surface area (Å²) in [6.45, 7) is 5.58. The van der Waals surface area contributed by atoms with Crippen LogP contribution >= 0.6 is 0 Å². The van der Waals surface area contributed by atoms with Crippen molar-refractivity contribution in [2.75, 3.05) is 14.2 Å². The van der Waals surface area contributed by atoms with Gasteiger partial charge in [-0.15, -0.1) is 0 Å². The van der Waals surface area contributed by atoms with Crippen LogP contribution in [0.4, 0.5) is 4.79 Å². The predicted octanol–water partition coefficient (Wildman–Crippen LogP) is 4.03. The smallest absolute Gasteiger partial charge is 0.407 e. The normalized spacial score (nSPS) is 20.4. The van der Waals surface area contributed by atoms with Crippen LogP contribution in [0.3, 0.4) is 0 Å². The lowest BCUT2D eigenvalue weighted by Gasteiger charge is -2.31. The molecule has 1 aliphatic carbocycles. The van der Waals surface area contributed by atoms with Gasteiger partial charge in [-0.2, -0.15) is 0 Å². The van der Waals surface area contributed by atoms with Gasteiger partial charge in [-0.1, -0.05) is 18.2 Å². The molecule has 0 saturated carbocycles. The molecule has 2 unspecified atom stereocenters. The molecule has 0 saturated heterocycles. The lowest BCUT2D eigenvalue weighted by Crippen LogP contribution is -2.42. The SMILES string of the molecule is COc1ccc(C2CC=CCC2NC(=O)OC(C)(C)C)cc1OC. The molecule has 132 valence electrons. The van der Waals surface area contributed by atoms with Crippen LogP contribution in [0.2, 0.25) is 0 Å². The van der Waals surface area contributed by atoms with Crippen LogP contribution in [-0.2, 0) is 4.74 Å². The summed E-state index contributed by atoms with van der Waals surface area (Å²) in [6.07, 6.45) is 5.50. The number of amides is 1. The molecule has 0 aromatic heterocycles. The summed E-state index contributed by atoms with van der Waals surface area (Å²) in [7, 11) is 3.24. The van der Waals surface area contributed by atoms with Crippen molar-refractivity contribution < 1.29 is 19.0 Å². The maximum Gasteiger partial charge on any atom is 0.407 e. The summed E-state index contributed by atoms with van der Waals surface area (Å²) in [5.74, 6) is 1.56. The van der Waals surface area contributed by atoms with Crippen LogP contribution < -0.4 is 14.8 Å². The standard InChI is InChI=1S/C19H27NO4/c1-19(2,3)24-18(21)20-15-9-7-6-8-14(15)13-10-11-16(22-4)17(12-13)23-5/h6-7,10-12,14-15H,8-9H2,1-5H3,(H,20,21). The quantitative estimate of drug-likeness (QED) is 0.845. The first-order chi connectivity index (χ1) is 11.3. The van der Waals surface area contributed by atoms with E-state index >= 15 is 0 Å². The van der Waals surface area contributed by atoms with Crippen LogP contribution in [0, 0.1) is 0 Å². The van der Waals surface area contributed by atoms with Crippen molar-refractivity contribution in [1.82, 2.24) is 5.32 Å². The molecule has 0 aliphatic heterocycles. The molecule has 2 rings (SSSR count). The Balaban J connectivity index is 2.17. The third-order valence-electron chi connectivity index (χ3n) is 3.97. The third kappa shape index (κ3) is 4.66.